The van der Waals surface area contributed by atoms with Crippen LogP contribution in [0.15, 0.2) is 85.3 Å². The van der Waals surface area contributed by atoms with Crippen molar-refractivity contribution in [2.45, 2.75) is 19.5 Å². The van der Waals surface area contributed by atoms with Crippen LogP contribution in [0.1, 0.15) is 17.5 Å². The summed E-state index contributed by atoms with van der Waals surface area (Å²) >= 11 is 0. The van der Waals surface area contributed by atoms with Gasteiger partial charge in [-0.05, 0) is 42.0 Å². The van der Waals surface area contributed by atoms with Gasteiger partial charge in [0.15, 0.2) is 0 Å². The van der Waals surface area contributed by atoms with E-state index in [0.29, 0.717) is 19.6 Å². The molecule has 0 saturated carbocycles. The quantitative estimate of drug-likeness (QED) is 0.462. The van der Waals surface area contributed by atoms with E-state index in [1.165, 1.54) is 12.1 Å². The second kappa shape index (κ2) is 9.35. The van der Waals surface area contributed by atoms with Gasteiger partial charge in [-0.2, -0.15) is 5.10 Å². The number of halogens is 1. The molecule has 5 rings (SSSR count). The molecule has 8 heteroatoms. The molecule has 1 fully saturated rings. The Morgan fingerprint density at radius 1 is 1.03 bits per heavy atom. The Morgan fingerprint density at radius 3 is 2.50 bits per heavy atom. The lowest BCUT2D eigenvalue weighted by atomic mass is 10.1. The van der Waals surface area contributed by atoms with Crippen LogP contribution in [0.2, 0.25) is 0 Å². The molecule has 7 nitrogen and oxygen atoms in total. The van der Waals surface area contributed by atoms with Crippen LogP contribution in [0.3, 0.4) is 0 Å². The smallest absolute Gasteiger partial charge is 0.225 e. The molecule has 1 saturated heterocycles. The average molecular weight is 458 g/mol. The maximum atomic E-state index is 13.1. The molecule has 0 radical (unpaired) electrons. The van der Waals surface area contributed by atoms with Gasteiger partial charge in [-0.15, -0.1) is 0 Å². The molecule has 1 aliphatic rings. The summed E-state index contributed by atoms with van der Waals surface area (Å²) < 4.78 is 16.9. The summed E-state index contributed by atoms with van der Waals surface area (Å²) in [6, 6.07) is 19.7. The average Bonchev–Trinajstić information content (AvgIpc) is 3.60. The number of hydrogen-bond donors (Lipinski definition) is 1. The topological polar surface area (TPSA) is 72.2 Å². The fraction of sp³-hybridized carbons (Fsp3) is 0.192. The Morgan fingerprint density at radius 2 is 1.76 bits per heavy atom. The predicted molar refractivity (Wildman–Crippen MR) is 125 cm³/mol. The molecule has 0 aliphatic carbocycles. The largest absolute Gasteiger partial charge is 0.352 e. The van der Waals surface area contributed by atoms with Crippen molar-refractivity contribution >= 4 is 11.8 Å². The highest BCUT2D eigenvalue weighted by molar-refractivity contribution is 5.89. The van der Waals surface area contributed by atoms with E-state index in [9.17, 15) is 14.0 Å². The number of nitrogens with zero attached hydrogens (tertiary/aromatic N) is 4. The first-order valence-electron chi connectivity index (χ1n) is 11.1. The lowest BCUT2D eigenvalue weighted by molar-refractivity contribution is -0.129. The lowest BCUT2D eigenvalue weighted by Gasteiger charge is -2.18. The number of hydrogen-bond acceptors (Lipinski definition) is 3. The normalized spacial score (nSPS) is 15.6. The van der Waals surface area contributed by atoms with E-state index in [4.69, 9.17) is 0 Å². The van der Waals surface area contributed by atoms with Crippen LogP contribution in [-0.2, 0) is 22.7 Å². The summed E-state index contributed by atoms with van der Waals surface area (Å²) in [5.41, 5.74) is 2.62. The van der Waals surface area contributed by atoms with Gasteiger partial charge in [0.1, 0.15) is 11.6 Å². The zero-order valence-corrected chi connectivity index (χ0v) is 18.5. The number of rotatable bonds is 7. The number of para-hydroxylation sites is 1. The first-order valence-corrected chi connectivity index (χ1v) is 11.1. The van der Waals surface area contributed by atoms with Crippen LogP contribution in [0.5, 0.6) is 0 Å². The summed E-state index contributed by atoms with van der Waals surface area (Å²) in [6.45, 7) is 1.00. The first-order chi connectivity index (χ1) is 16.6. The van der Waals surface area contributed by atoms with Crippen molar-refractivity contribution in [1.29, 1.82) is 0 Å². The number of aromatic nitrogens is 3. The second-order valence-corrected chi connectivity index (χ2v) is 8.35. The molecule has 2 amide bonds. The maximum absolute atomic E-state index is 13.1. The minimum atomic E-state index is -0.424. The van der Waals surface area contributed by atoms with Crippen molar-refractivity contribution in [3.05, 3.63) is 102 Å². The van der Waals surface area contributed by atoms with Gasteiger partial charge in [-0.3, -0.25) is 9.59 Å². The van der Waals surface area contributed by atoms with Crippen LogP contribution in [-0.4, -0.2) is 37.6 Å². The maximum Gasteiger partial charge on any atom is 0.225 e. The van der Waals surface area contributed by atoms with Crippen LogP contribution in [0.25, 0.3) is 11.5 Å². The van der Waals surface area contributed by atoms with Gasteiger partial charge >= 0.3 is 0 Å². The van der Waals surface area contributed by atoms with Gasteiger partial charge in [-0.25, -0.2) is 9.07 Å². The third-order valence-electron chi connectivity index (χ3n) is 5.99. The number of amides is 2. The van der Waals surface area contributed by atoms with Gasteiger partial charge in [-0.1, -0.05) is 30.3 Å². The highest BCUT2D eigenvalue weighted by Crippen LogP contribution is 2.25. The van der Waals surface area contributed by atoms with Gasteiger partial charge in [0.25, 0.3) is 0 Å². The van der Waals surface area contributed by atoms with Crippen LogP contribution in [0.4, 0.5) is 4.39 Å². The van der Waals surface area contributed by atoms with Crippen molar-refractivity contribution in [3.8, 4) is 11.5 Å². The van der Waals surface area contributed by atoms with E-state index in [1.807, 2.05) is 64.1 Å². The second-order valence-electron chi connectivity index (χ2n) is 8.35. The molecule has 0 spiro atoms. The number of carbonyl (C=O) groups is 2. The minimum absolute atomic E-state index is 0.0622. The summed E-state index contributed by atoms with van der Waals surface area (Å²) in [5, 5.41) is 7.45. The summed E-state index contributed by atoms with van der Waals surface area (Å²) in [7, 11) is 0. The Labute approximate surface area is 196 Å². The first kappa shape index (κ1) is 21.6. The fourth-order valence-corrected chi connectivity index (χ4v) is 4.24. The Kier molecular flexibility index (Phi) is 5.95. The zero-order chi connectivity index (χ0) is 23.5. The summed E-state index contributed by atoms with van der Waals surface area (Å²) in [4.78, 5) is 27.1. The SMILES string of the molecule is O=C(NCc1ccc(F)cc1)[C@@H]1CC(=O)N(Cc2cnn(-c3ccccc3)c2-n2cccc2)C1. The predicted octanol–water partition coefficient (Wildman–Crippen LogP) is 3.47. The van der Waals surface area contributed by atoms with Gasteiger partial charge in [0.2, 0.25) is 11.8 Å². The standard InChI is InChI=1S/C26H24FN5O2/c27-22-10-8-19(9-11-22)15-28-25(34)20-14-24(33)31(17-20)18-21-16-29-32(23-6-2-1-3-7-23)26(21)30-12-4-5-13-30/h1-13,16,20H,14-15,17-18H2,(H,28,34)/t20-/m1/s1. The number of likely N-dealkylation sites (tertiary alicyclic amines) is 1. The molecule has 0 bridgehead atoms. The molecular formula is C26H24FN5O2. The molecule has 1 N–H and O–H groups in total. The molecule has 1 aliphatic heterocycles. The molecule has 2 aromatic carbocycles. The molecular weight excluding hydrogens is 433 g/mol. The molecule has 0 unspecified atom stereocenters. The highest BCUT2D eigenvalue weighted by atomic mass is 19.1. The van der Waals surface area contributed by atoms with E-state index in [1.54, 1.807) is 23.2 Å². The van der Waals surface area contributed by atoms with Crippen molar-refractivity contribution in [2.75, 3.05) is 6.54 Å². The van der Waals surface area contributed by atoms with Crippen molar-refractivity contribution in [1.82, 2.24) is 24.6 Å². The summed E-state index contributed by atoms with van der Waals surface area (Å²) in [5.74, 6) is -0.124. The monoisotopic (exact) mass is 457 g/mol. The third kappa shape index (κ3) is 4.47. The molecule has 3 heterocycles. The number of benzene rings is 2. The highest BCUT2D eigenvalue weighted by Gasteiger charge is 2.35. The third-order valence-corrected chi connectivity index (χ3v) is 5.99. The Balaban J connectivity index is 1.30. The zero-order valence-electron chi connectivity index (χ0n) is 18.5. The van der Waals surface area contributed by atoms with Gasteiger partial charge in [0, 0.05) is 37.5 Å². The Hall–Kier alpha value is -4.20. The van der Waals surface area contributed by atoms with E-state index in [2.05, 4.69) is 10.4 Å². The van der Waals surface area contributed by atoms with Crippen molar-refractivity contribution in [2.24, 2.45) is 5.92 Å². The van der Waals surface area contributed by atoms with E-state index < -0.39 is 5.92 Å². The van der Waals surface area contributed by atoms with Gasteiger partial charge in [0.05, 0.1) is 24.3 Å². The lowest BCUT2D eigenvalue weighted by Crippen LogP contribution is -2.32. The molecule has 34 heavy (non-hydrogen) atoms. The Bertz CT molecular complexity index is 1280. The fourth-order valence-electron chi connectivity index (χ4n) is 4.24. The van der Waals surface area contributed by atoms with Crippen LogP contribution >= 0.6 is 0 Å². The van der Waals surface area contributed by atoms with Crippen molar-refractivity contribution in [3.63, 3.8) is 0 Å². The van der Waals surface area contributed by atoms with Gasteiger partial charge < -0.3 is 14.8 Å². The minimum Gasteiger partial charge on any atom is -0.352 e. The number of carbonyl (C=O) groups excluding carboxylic acids is 2. The molecule has 2 aromatic heterocycles. The van der Waals surface area contributed by atoms with Crippen LogP contribution < -0.4 is 5.32 Å². The van der Waals surface area contributed by atoms with E-state index in [0.717, 1.165) is 22.6 Å². The van der Waals surface area contributed by atoms with E-state index in [-0.39, 0.29) is 24.1 Å². The van der Waals surface area contributed by atoms with E-state index >= 15 is 0 Å². The van der Waals surface area contributed by atoms with Crippen LogP contribution in [0, 0.1) is 11.7 Å². The molecule has 172 valence electrons. The van der Waals surface area contributed by atoms with Crippen molar-refractivity contribution < 1.29 is 14.0 Å². The molecule has 1 atom stereocenters. The number of nitrogens with one attached hydrogen (secondary N) is 1. The molecule has 4 aromatic rings. The summed E-state index contributed by atoms with van der Waals surface area (Å²) in [6.07, 6.45) is 5.83.